The van der Waals surface area contributed by atoms with Crippen LogP contribution in [0, 0.1) is 11.3 Å². The van der Waals surface area contributed by atoms with Crippen molar-refractivity contribution in [2.45, 2.75) is 0 Å². The van der Waals surface area contributed by atoms with Crippen molar-refractivity contribution in [1.29, 1.82) is 5.26 Å². The molecule has 0 aliphatic heterocycles. The number of nitrogens with zero attached hydrogens (tertiary/aromatic N) is 1. The molecular weight excluding hydrogens is 310 g/mol. The second kappa shape index (κ2) is 8.19. The summed E-state index contributed by atoms with van der Waals surface area (Å²) in [5.74, 6) is -0.0893. The van der Waals surface area contributed by atoms with Crippen LogP contribution in [0.15, 0.2) is 48.5 Å². The largest absolute Gasteiger partial charge is 0.493 e. The molecule has 0 saturated heterocycles. The second-order valence-electron chi connectivity index (χ2n) is 4.63. The van der Waals surface area contributed by atoms with Gasteiger partial charge in [-0.25, -0.2) is 0 Å². The molecule has 0 radical (unpaired) electrons. The lowest BCUT2D eigenvalue weighted by Gasteiger charge is -2.11. The van der Waals surface area contributed by atoms with Crippen molar-refractivity contribution in [3.63, 3.8) is 0 Å². The molecule has 0 heterocycles. The van der Waals surface area contributed by atoms with Crippen molar-refractivity contribution in [1.82, 2.24) is 10.9 Å². The van der Waals surface area contributed by atoms with Crippen LogP contribution >= 0.6 is 0 Å². The van der Waals surface area contributed by atoms with Gasteiger partial charge in [-0.1, -0.05) is 12.1 Å². The predicted octanol–water partition coefficient (Wildman–Crippen LogP) is 1.41. The zero-order valence-corrected chi connectivity index (χ0v) is 12.9. The first-order valence-corrected chi connectivity index (χ1v) is 6.99. The van der Waals surface area contributed by atoms with Crippen LogP contribution in [-0.4, -0.2) is 25.5 Å². The van der Waals surface area contributed by atoms with Gasteiger partial charge in [-0.05, 0) is 36.4 Å². The molecule has 0 saturated carbocycles. The molecule has 0 bridgehead atoms. The zero-order valence-electron chi connectivity index (χ0n) is 12.9. The minimum Gasteiger partial charge on any atom is -0.493 e. The molecule has 0 aromatic heterocycles. The fourth-order valence-electron chi connectivity index (χ4n) is 1.81. The van der Waals surface area contributed by atoms with Gasteiger partial charge in [0.2, 0.25) is 0 Å². The third-order valence-electron chi connectivity index (χ3n) is 3.02. The van der Waals surface area contributed by atoms with E-state index in [-0.39, 0.29) is 6.61 Å². The second-order valence-corrected chi connectivity index (χ2v) is 4.63. The van der Waals surface area contributed by atoms with Crippen LogP contribution in [0.5, 0.6) is 11.5 Å². The fourth-order valence-corrected chi connectivity index (χ4v) is 1.81. The lowest BCUT2D eigenvalue weighted by atomic mass is 10.1. The number of nitrogens with one attached hydrogen (secondary N) is 2. The first-order valence-electron chi connectivity index (χ1n) is 6.99. The summed E-state index contributed by atoms with van der Waals surface area (Å²) in [6.07, 6.45) is 0. The lowest BCUT2D eigenvalue weighted by molar-refractivity contribution is -0.123. The number of hydrazine groups is 1. The van der Waals surface area contributed by atoms with Crippen molar-refractivity contribution in [2.75, 3.05) is 13.7 Å². The summed E-state index contributed by atoms with van der Waals surface area (Å²) in [6.45, 7) is -0.284. The van der Waals surface area contributed by atoms with Gasteiger partial charge in [0.15, 0.2) is 18.1 Å². The van der Waals surface area contributed by atoms with Gasteiger partial charge in [0.25, 0.3) is 11.8 Å². The fraction of sp³-hybridized carbons (Fsp3) is 0.118. The number of rotatable bonds is 5. The highest BCUT2D eigenvalue weighted by Crippen LogP contribution is 2.25. The number of carbonyl (C=O) groups excluding carboxylic acids is 2. The smallest absolute Gasteiger partial charge is 0.276 e. The molecule has 0 aliphatic carbocycles. The summed E-state index contributed by atoms with van der Waals surface area (Å²) in [5, 5.41) is 8.70. The van der Waals surface area contributed by atoms with Gasteiger partial charge >= 0.3 is 0 Å². The lowest BCUT2D eigenvalue weighted by Crippen LogP contribution is -2.43. The Morgan fingerprint density at radius 1 is 1.04 bits per heavy atom. The Bertz CT molecular complexity index is 766. The third kappa shape index (κ3) is 4.48. The predicted molar refractivity (Wildman–Crippen MR) is 85.3 cm³/mol. The van der Waals surface area contributed by atoms with E-state index in [1.807, 2.05) is 6.07 Å². The number of hydrogen-bond donors (Lipinski definition) is 2. The van der Waals surface area contributed by atoms with E-state index >= 15 is 0 Å². The quantitative estimate of drug-likeness (QED) is 0.810. The van der Waals surface area contributed by atoms with Crippen molar-refractivity contribution in [3.8, 4) is 17.6 Å². The van der Waals surface area contributed by atoms with Crippen molar-refractivity contribution in [3.05, 3.63) is 59.7 Å². The molecule has 2 aromatic rings. The van der Waals surface area contributed by atoms with Gasteiger partial charge in [-0.2, -0.15) is 5.26 Å². The number of amides is 2. The molecule has 0 fully saturated rings. The summed E-state index contributed by atoms with van der Waals surface area (Å²) >= 11 is 0. The topological polar surface area (TPSA) is 100 Å². The summed E-state index contributed by atoms with van der Waals surface area (Å²) in [6, 6.07) is 14.9. The Balaban J connectivity index is 1.82. The molecule has 2 aromatic carbocycles. The normalized spacial score (nSPS) is 9.50. The Kier molecular flexibility index (Phi) is 5.75. The van der Waals surface area contributed by atoms with Crippen LogP contribution in [0.4, 0.5) is 0 Å². The number of carbonyl (C=O) groups is 2. The summed E-state index contributed by atoms with van der Waals surface area (Å²) in [5.41, 5.74) is 5.28. The number of methoxy groups -OCH3 is 1. The maximum atomic E-state index is 11.9. The van der Waals surface area contributed by atoms with E-state index in [0.29, 0.717) is 22.6 Å². The zero-order chi connectivity index (χ0) is 17.4. The van der Waals surface area contributed by atoms with Crippen LogP contribution in [0.1, 0.15) is 15.9 Å². The Labute approximate surface area is 138 Å². The minimum atomic E-state index is -0.525. The van der Waals surface area contributed by atoms with Crippen LogP contribution in [0.25, 0.3) is 0 Å². The molecule has 7 nitrogen and oxygen atoms in total. The van der Waals surface area contributed by atoms with E-state index in [0.717, 1.165) is 0 Å². The first kappa shape index (κ1) is 16.8. The van der Waals surface area contributed by atoms with Crippen molar-refractivity contribution < 1.29 is 19.1 Å². The van der Waals surface area contributed by atoms with Gasteiger partial charge in [0.1, 0.15) is 0 Å². The van der Waals surface area contributed by atoms with Gasteiger partial charge in [-0.3, -0.25) is 20.4 Å². The average molecular weight is 325 g/mol. The van der Waals surface area contributed by atoms with E-state index < -0.39 is 11.8 Å². The van der Waals surface area contributed by atoms with E-state index in [1.165, 1.54) is 31.4 Å². The summed E-state index contributed by atoms with van der Waals surface area (Å²) in [7, 11) is 1.50. The standard InChI is InChI=1S/C17H15N3O4/c1-23-14-4-2-3-5-15(14)24-11-16(21)19-20-17(22)13-8-6-12(10-18)7-9-13/h2-9H,11H2,1H3,(H,19,21)(H,20,22). The molecule has 2 rings (SSSR count). The highest BCUT2D eigenvalue weighted by Gasteiger charge is 2.09. The Hall–Kier alpha value is -3.53. The number of benzene rings is 2. The van der Waals surface area contributed by atoms with Gasteiger partial charge < -0.3 is 9.47 Å². The number of para-hydroxylation sites is 2. The van der Waals surface area contributed by atoms with Crippen LogP contribution in [-0.2, 0) is 4.79 Å². The molecule has 0 unspecified atom stereocenters. The Morgan fingerprint density at radius 3 is 2.33 bits per heavy atom. The van der Waals surface area contributed by atoms with E-state index in [9.17, 15) is 9.59 Å². The molecule has 7 heteroatoms. The highest BCUT2D eigenvalue weighted by molar-refractivity contribution is 5.95. The van der Waals surface area contributed by atoms with Gasteiger partial charge in [0.05, 0.1) is 18.7 Å². The molecule has 122 valence electrons. The molecule has 0 atom stereocenters. The van der Waals surface area contributed by atoms with E-state index in [2.05, 4.69) is 10.9 Å². The van der Waals surface area contributed by atoms with Gasteiger partial charge in [0, 0.05) is 5.56 Å². The average Bonchev–Trinajstić information content (AvgIpc) is 2.64. The number of ether oxygens (including phenoxy) is 2. The van der Waals surface area contributed by atoms with Crippen LogP contribution < -0.4 is 20.3 Å². The molecule has 24 heavy (non-hydrogen) atoms. The monoisotopic (exact) mass is 325 g/mol. The summed E-state index contributed by atoms with van der Waals surface area (Å²) in [4.78, 5) is 23.6. The maximum Gasteiger partial charge on any atom is 0.276 e. The molecule has 0 aliphatic rings. The van der Waals surface area contributed by atoms with Gasteiger partial charge in [-0.15, -0.1) is 0 Å². The van der Waals surface area contributed by atoms with Crippen LogP contribution in [0.3, 0.4) is 0 Å². The van der Waals surface area contributed by atoms with E-state index in [4.69, 9.17) is 14.7 Å². The van der Waals surface area contributed by atoms with Crippen molar-refractivity contribution in [2.24, 2.45) is 0 Å². The highest BCUT2D eigenvalue weighted by atomic mass is 16.5. The SMILES string of the molecule is COc1ccccc1OCC(=O)NNC(=O)c1ccc(C#N)cc1. The van der Waals surface area contributed by atoms with Crippen LogP contribution in [0.2, 0.25) is 0 Å². The molecular formula is C17H15N3O4. The van der Waals surface area contributed by atoms with E-state index in [1.54, 1.807) is 24.3 Å². The molecule has 2 amide bonds. The number of nitriles is 1. The maximum absolute atomic E-state index is 11.9. The molecule has 2 N–H and O–H groups in total. The minimum absolute atomic E-state index is 0.284. The Morgan fingerprint density at radius 2 is 1.71 bits per heavy atom. The number of hydrogen-bond acceptors (Lipinski definition) is 5. The van der Waals surface area contributed by atoms with Crippen molar-refractivity contribution >= 4 is 11.8 Å². The summed E-state index contributed by atoms with van der Waals surface area (Å²) < 4.78 is 10.4. The first-order chi connectivity index (χ1) is 11.6. The molecule has 0 spiro atoms. The third-order valence-corrected chi connectivity index (χ3v) is 3.02.